The van der Waals surface area contributed by atoms with Gasteiger partial charge in [0.1, 0.15) is 6.04 Å². The zero-order valence-electron chi connectivity index (χ0n) is 8.63. The highest BCUT2D eigenvalue weighted by molar-refractivity contribution is 7.80. The molecular formula is C9H14N4OS. The zero-order valence-corrected chi connectivity index (χ0v) is 9.44. The fourth-order valence-corrected chi connectivity index (χ4v) is 1.12. The van der Waals surface area contributed by atoms with Crippen molar-refractivity contribution < 1.29 is 4.79 Å². The molecule has 0 aromatic heterocycles. The van der Waals surface area contributed by atoms with Gasteiger partial charge in [0.25, 0.3) is 5.91 Å². The summed E-state index contributed by atoms with van der Waals surface area (Å²) in [4.78, 5) is 11.6. The molecular weight excluding hydrogens is 212 g/mol. The summed E-state index contributed by atoms with van der Waals surface area (Å²) in [5.74, 6) is -0.184. The highest BCUT2D eigenvalue weighted by Crippen LogP contribution is 2.00. The second-order valence-electron chi connectivity index (χ2n) is 3.05. The first-order valence-electron chi connectivity index (χ1n) is 4.52. The predicted octanol–water partition coefficient (Wildman–Crippen LogP) is -0.457. The third kappa shape index (κ3) is 3.59. The molecule has 0 aromatic rings. The van der Waals surface area contributed by atoms with Crippen LogP contribution >= 0.6 is 12.2 Å². The monoisotopic (exact) mass is 226 g/mol. The fraction of sp³-hybridized carbons (Fsp3) is 0.333. The van der Waals surface area contributed by atoms with E-state index in [9.17, 15) is 4.79 Å². The number of allylic oxidation sites excluding steroid dienone is 3. The van der Waals surface area contributed by atoms with Crippen LogP contribution in [0.5, 0.6) is 0 Å². The molecule has 0 radical (unpaired) electrons. The number of thiocarbonyl (C=S) groups is 1. The molecule has 0 spiro atoms. The van der Waals surface area contributed by atoms with Gasteiger partial charge in [-0.15, -0.1) is 0 Å². The van der Waals surface area contributed by atoms with Crippen molar-refractivity contribution in [3.8, 4) is 0 Å². The Morgan fingerprint density at radius 2 is 2.27 bits per heavy atom. The van der Waals surface area contributed by atoms with Gasteiger partial charge in [0.05, 0.1) is 0 Å². The summed E-state index contributed by atoms with van der Waals surface area (Å²) in [6.07, 6.45) is 5.51. The lowest BCUT2D eigenvalue weighted by molar-refractivity contribution is -0.122. The van der Waals surface area contributed by atoms with Gasteiger partial charge < -0.3 is 10.6 Å². The summed E-state index contributed by atoms with van der Waals surface area (Å²) in [7, 11) is 1.67. The van der Waals surface area contributed by atoms with Gasteiger partial charge in [-0.1, -0.05) is 12.2 Å². The maximum atomic E-state index is 11.6. The molecule has 0 saturated heterocycles. The maximum absolute atomic E-state index is 11.6. The van der Waals surface area contributed by atoms with Crippen LogP contribution in [0.2, 0.25) is 0 Å². The van der Waals surface area contributed by atoms with E-state index in [1.807, 2.05) is 19.1 Å². The van der Waals surface area contributed by atoms with Crippen LogP contribution in [0, 0.1) is 0 Å². The number of amides is 1. The zero-order chi connectivity index (χ0) is 11.3. The highest BCUT2D eigenvalue weighted by Gasteiger charge is 2.16. The Morgan fingerprint density at radius 1 is 1.53 bits per heavy atom. The van der Waals surface area contributed by atoms with E-state index >= 15 is 0 Å². The van der Waals surface area contributed by atoms with Crippen molar-refractivity contribution in [2.45, 2.75) is 13.0 Å². The molecule has 0 saturated carbocycles. The molecule has 1 unspecified atom stereocenters. The van der Waals surface area contributed by atoms with E-state index in [2.05, 4.69) is 21.5 Å². The summed E-state index contributed by atoms with van der Waals surface area (Å²) < 4.78 is 0. The summed E-state index contributed by atoms with van der Waals surface area (Å²) in [6, 6.07) is -0.359. The number of carbonyl (C=O) groups is 1. The normalized spacial score (nSPS) is 18.5. The van der Waals surface area contributed by atoms with Crippen molar-refractivity contribution in [1.29, 1.82) is 0 Å². The fourth-order valence-electron chi connectivity index (χ4n) is 1.06. The summed E-state index contributed by atoms with van der Waals surface area (Å²) in [5.41, 5.74) is 6.01. The number of carbonyl (C=O) groups excluding carboxylic acids is 1. The predicted molar refractivity (Wildman–Crippen MR) is 62.8 cm³/mol. The average molecular weight is 226 g/mol. The van der Waals surface area contributed by atoms with Crippen LogP contribution in [0.4, 0.5) is 0 Å². The van der Waals surface area contributed by atoms with Crippen molar-refractivity contribution >= 4 is 23.2 Å². The Morgan fingerprint density at radius 3 is 2.87 bits per heavy atom. The minimum absolute atomic E-state index is 0.184. The third-order valence-corrected chi connectivity index (χ3v) is 2.15. The summed E-state index contributed by atoms with van der Waals surface area (Å²) in [6.45, 7) is 1.90. The third-order valence-electron chi connectivity index (χ3n) is 1.84. The van der Waals surface area contributed by atoms with Crippen LogP contribution in [0.1, 0.15) is 6.92 Å². The van der Waals surface area contributed by atoms with Gasteiger partial charge in [-0.25, -0.2) is 0 Å². The SMILES string of the molecule is CNC(=S)NNC(=O)C1C=CC=C(C)N1. The minimum Gasteiger partial charge on any atom is -0.374 e. The average Bonchev–Trinajstić information content (AvgIpc) is 2.25. The van der Waals surface area contributed by atoms with Crippen LogP contribution in [-0.4, -0.2) is 24.1 Å². The van der Waals surface area contributed by atoms with Crippen molar-refractivity contribution in [3.63, 3.8) is 0 Å². The van der Waals surface area contributed by atoms with E-state index in [0.29, 0.717) is 5.11 Å². The van der Waals surface area contributed by atoms with E-state index in [-0.39, 0.29) is 11.9 Å². The van der Waals surface area contributed by atoms with Crippen LogP contribution in [-0.2, 0) is 4.79 Å². The van der Waals surface area contributed by atoms with Crippen LogP contribution < -0.4 is 21.5 Å². The Balaban J connectivity index is 2.39. The Hall–Kier alpha value is -1.56. The summed E-state index contributed by atoms with van der Waals surface area (Å²) in [5, 5.41) is 6.07. The first kappa shape index (κ1) is 11.5. The molecule has 0 aliphatic carbocycles. The van der Waals surface area contributed by atoms with Gasteiger partial charge >= 0.3 is 0 Å². The molecule has 15 heavy (non-hydrogen) atoms. The molecule has 0 aromatic carbocycles. The van der Waals surface area contributed by atoms with Crippen LogP contribution in [0.3, 0.4) is 0 Å². The van der Waals surface area contributed by atoms with Crippen molar-refractivity contribution in [3.05, 3.63) is 23.9 Å². The van der Waals surface area contributed by atoms with Gasteiger partial charge in [0.2, 0.25) is 0 Å². The molecule has 1 heterocycles. The van der Waals surface area contributed by atoms with E-state index in [1.165, 1.54) is 0 Å². The van der Waals surface area contributed by atoms with E-state index < -0.39 is 0 Å². The molecule has 1 aliphatic rings. The molecule has 1 atom stereocenters. The van der Waals surface area contributed by atoms with Gasteiger partial charge in [0, 0.05) is 12.7 Å². The number of hydrazine groups is 1. The maximum Gasteiger partial charge on any atom is 0.264 e. The van der Waals surface area contributed by atoms with Crippen molar-refractivity contribution in [2.24, 2.45) is 0 Å². The van der Waals surface area contributed by atoms with Gasteiger partial charge in [-0.3, -0.25) is 15.6 Å². The smallest absolute Gasteiger partial charge is 0.264 e. The van der Waals surface area contributed by atoms with Crippen LogP contribution in [0.25, 0.3) is 0 Å². The van der Waals surface area contributed by atoms with Gasteiger partial charge in [-0.2, -0.15) is 0 Å². The van der Waals surface area contributed by atoms with Crippen molar-refractivity contribution in [1.82, 2.24) is 21.5 Å². The molecule has 0 fully saturated rings. The largest absolute Gasteiger partial charge is 0.374 e. The standard InChI is InChI=1S/C9H14N4OS/c1-6-4-3-5-7(11-6)8(14)12-13-9(15)10-2/h3-5,7,11H,1-2H3,(H,12,14)(H2,10,13,15). The highest BCUT2D eigenvalue weighted by atomic mass is 32.1. The molecule has 1 rings (SSSR count). The molecule has 0 bridgehead atoms. The number of hydrogen-bond acceptors (Lipinski definition) is 3. The molecule has 6 heteroatoms. The van der Waals surface area contributed by atoms with E-state index in [4.69, 9.17) is 12.2 Å². The first-order valence-corrected chi connectivity index (χ1v) is 4.93. The first-order chi connectivity index (χ1) is 7.13. The molecule has 1 amide bonds. The lowest BCUT2D eigenvalue weighted by Crippen LogP contribution is -2.52. The lowest BCUT2D eigenvalue weighted by Gasteiger charge is -2.19. The number of dihydropyridines is 1. The van der Waals surface area contributed by atoms with Gasteiger partial charge in [0.15, 0.2) is 5.11 Å². The minimum atomic E-state index is -0.359. The second-order valence-corrected chi connectivity index (χ2v) is 3.46. The Labute approximate surface area is 94.0 Å². The number of nitrogens with one attached hydrogen (secondary N) is 4. The number of hydrogen-bond donors (Lipinski definition) is 4. The molecule has 4 N–H and O–H groups in total. The Bertz CT molecular complexity index is 324. The van der Waals surface area contributed by atoms with Gasteiger partial charge in [-0.05, 0) is 25.2 Å². The van der Waals surface area contributed by atoms with E-state index in [1.54, 1.807) is 13.1 Å². The second kappa shape index (κ2) is 5.35. The summed E-state index contributed by atoms with van der Waals surface area (Å²) >= 11 is 4.81. The quantitative estimate of drug-likeness (QED) is 0.360. The number of rotatable bonds is 1. The lowest BCUT2D eigenvalue weighted by atomic mass is 10.2. The Kier molecular flexibility index (Phi) is 4.11. The van der Waals surface area contributed by atoms with Crippen molar-refractivity contribution in [2.75, 3.05) is 7.05 Å². The molecule has 1 aliphatic heterocycles. The van der Waals surface area contributed by atoms with E-state index in [0.717, 1.165) is 5.70 Å². The topological polar surface area (TPSA) is 65.2 Å². The molecule has 5 nitrogen and oxygen atoms in total. The molecule has 82 valence electrons. The van der Waals surface area contributed by atoms with Crippen LogP contribution in [0.15, 0.2) is 23.9 Å².